The fourth-order valence-corrected chi connectivity index (χ4v) is 3.18. The minimum atomic E-state index is -0.0496. The van der Waals surface area contributed by atoms with Crippen LogP contribution in [0.15, 0.2) is 60.9 Å². The van der Waals surface area contributed by atoms with Gasteiger partial charge in [0, 0.05) is 36.4 Å². The molecule has 1 unspecified atom stereocenters. The normalized spacial score (nSPS) is 12.1. The van der Waals surface area contributed by atoms with Gasteiger partial charge in [0.15, 0.2) is 0 Å². The molecule has 26 heavy (non-hydrogen) atoms. The van der Waals surface area contributed by atoms with Crippen LogP contribution in [0.25, 0.3) is 10.8 Å². The number of pyridine rings is 1. The first kappa shape index (κ1) is 18.1. The lowest BCUT2D eigenvalue weighted by molar-refractivity contribution is -0.114. The quantitative estimate of drug-likeness (QED) is 0.620. The van der Waals surface area contributed by atoms with Crippen LogP contribution in [-0.2, 0) is 11.2 Å². The average molecular weight is 347 g/mol. The Morgan fingerprint density at radius 2 is 1.96 bits per heavy atom. The molecule has 1 aromatic heterocycles. The number of hydrogen-bond donors (Lipinski definition) is 2. The predicted octanol–water partition coefficient (Wildman–Crippen LogP) is 4.48. The van der Waals surface area contributed by atoms with E-state index in [1.165, 1.54) is 28.8 Å². The molecular weight excluding hydrogens is 322 g/mol. The zero-order chi connectivity index (χ0) is 18.4. The number of amides is 1. The van der Waals surface area contributed by atoms with E-state index in [1.54, 1.807) is 0 Å². The van der Waals surface area contributed by atoms with Gasteiger partial charge >= 0.3 is 0 Å². The summed E-state index contributed by atoms with van der Waals surface area (Å²) in [7, 11) is 0. The van der Waals surface area contributed by atoms with Crippen molar-refractivity contribution < 1.29 is 4.79 Å². The van der Waals surface area contributed by atoms with Crippen molar-refractivity contribution in [2.24, 2.45) is 0 Å². The monoisotopic (exact) mass is 347 g/mol. The number of anilines is 1. The van der Waals surface area contributed by atoms with Crippen molar-refractivity contribution in [3.05, 3.63) is 72.1 Å². The smallest absolute Gasteiger partial charge is 0.221 e. The number of hydrogen-bond acceptors (Lipinski definition) is 3. The molecule has 0 saturated heterocycles. The van der Waals surface area contributed by atoms with Gasteiger partial charge in [0.25, 0.3) is 0 Å². The lowest BCUT2D eigenvalue weighted by Crippen LogP contribution is -2.20. The minimum Gasteiger partial charge on any atom is -0.326 e. The summed E-state index contributed by atoms with van der Waals surface area (Å²) in [5, 5.41) is 8.88. The van der Waals surface area contributed by atoms with Gasteiger partial charge in [-0.25, -0.2) is 0 Å². The first-order chi connectivity index (χ1) is 12.6. The summed E-state index contributed by atoms with van der Waals surface area (Å²) < 4.78 is 0. The highest BCUT2D eigenvalue weighted by Gasteiger charge is 2.07. The van der Waals surface area contributed by atoms with E-state index < -0.39 is 0 Å². The lowest BCUT2D eigenvalue weighted by Gasteiger charge is -2.15. The van der Waals surface area contributed by atoms with Gasteiger partial charge in [-0.1, -0.05) is 36.4 Å². The number of fused-ring (bicyclic) bond motifs is 1. The van der Waals surface area contributed by atoms with E-state index in [2.05, 4.69) is 46.8 Å². The van der Waals surface area contributed by atoms with Gasteiger partial charge in [-0.05, 0) is 55.0 Å². The Kier molecular flexibility index (Phi) is 5.97. The summed E-state index contributed by atoms with van der Waals surface area (Å²) in [5.74, 6) is -0.0496. The zero-order valence-electron chi connectivity index (χ0n) is 15.3. The summed E-state index contributed by atoms with van der Waals surface area (Å²) >= 11 is 0. The van der Waals surface area contributed by atoms with Crippen molar-refractivity contribution in [1.82, 2.24) is 10.3 Å². The van der Waals surface area contributed by atoms with Gasteiger partial charge in [0.2, 0.25) is 5.91 Å². The molecule has 1 heterocycles. The Morgan fingerprint density at radius 1 is 1.12 bits per heavy atom. The largest absolute Gasteiger partial charge is 0.326 e. The maximum absolute atomic E-state index is 11.2. The third kappa shape index (κ3) is 4.67. The van der Waals surface area contributed by atoms with Crippen LogP contribution in [0, 0.1) is 0 Å². The Labute approximate surface area is 154 Å². The second-order valence-electron chi connectivity index (χ2n) is 6.61. The molecule has 0 saturated carbocycles. The molecule has 0 aliphatic carbocycles. The standard InChI is InChI=1S/C22H25N3O/c1-16(18-8-5-10-21(13-18)25-17(2)26)24-12-6-9-20-15-23-14-19-7-3-4-11-22(19)20/h3-5,7-8,10-11,13-16,24H,6,9,12H2,1-2H3,(H,25,26). The third-order valence-corrected chi connectivity index (χ3v) is 4.53. The maximum Gasteiger partial charge on any atom is 0.221 e. The van der Waals surface area contributed by atoms with Gasteiger partial charge in [-0.15, -0.1) is 0 Å². The van der Waals surface area contributed by atoms with E-state index in [9.17, 15) is 4.79 Å². The third-order valence-electron chi connectivity index (χ3n) is 4.53. The number of nitrogens with one attached hydrogen (secondary N) is 2. The molecular formula is C22H25N3O. The molecule has 3 aromatic rings. The predicted molar refractivity (Wildman–Crippen MR) is 107 cm³/mol. The molecule has 0 fully saturated rings. The Bertz CT molecular complexity index is 886. The van der Waals surface area contributed by atoms with E-state index in [-0.39, 0.29) is 11.9 Å². The Hall–Kier alpha value is -2.72. The van der Waals surface area contributed by atoms with E-state index in [0.717, 1.165) is 25.1 Å². The highest BCUT2D eigenvalue weighted by Crippen LogP contribution is 2.19. The number of aryl methyl sites for hydroxylation is 1. The molecule has 0 aliphatic heterocycles. The van der Waals surface area contributed by atoms with Crippen LogP contribution >= 0.6 is 0 Å². The van der Waals surface area contributed by atoms with Gasteiger partial charge in [0.1, 0.15) is 0 Å². The molecule has 4 nitrogen and oxygen atoms in total. The van der Waals surface area contributed by atoms with Crippen molar-refractivity contribution in [3.63, 3.8) is 0 Å². The lowest BCUT2D eigenvalue weighted by atomic mass is 10.0. The van der Waals surface area contributed by atoms with Gasteiger partial charge in [-0.3, -0.25) is 9.78 Å². The zero-order valence-corrected chi connectivity index (χ0v) is 15.3. The molecule has 0 radical (unpaired) electrons. The molecule has 3 rings (SSSR count). The number of aromatic nitrogens is 1. The van der Waals surface area contributed by atoms with Crippen molar-refractivity contribution in [3.8, 4) is 0 Å². The number of carbonyl (C=O) groups is 1. The van der Waals surface area contributed by atoms with Crippen molar-refractivity contribution >= 4 is 22.4 Å². The van der Waals surface area contributed by atoms with Crippen LogP contribution in [0.4, 0.5) is 5.69 Å². The highest BCUT2D eigenvalue weighted by atomic mass is 16.1. The van der Waals surface area contributed by atoms with Crippen molar-refractivity contribution in [1.29, 1.82) is 0 Å². The molecule has 4 heteroatoms. The van der Waals surface area contributed by atoms with Crippen LogP contribution in [0.2, 0.25) is 0 Å². The maximum atomic E-state index is 11.2. The summed E-state index contributed by atoms with van der Waals surface area (Å²) in [6.45, 7) is 4.59. The van der Waals surface area contributed by atoms with Crippen LogP contribution < -0.4 is 10.6 Å². The van der Waals surface area contributed by atoms with E-state index in [4.69, 9.17) is 0 Å². The molecule has 1 amide bonds. The number of carbonyl (C=O) groups excluding carboxylic acids is 1. The van der Waals surface area contributed by atoms with Crippen LogP contribution in [0.1, 0.15) is 37.4 Å². The average Bonchev–Trinajstić information content (AvgIpc) is 2.65. The summed E-state index contributed by atoms with van der Waals surface area (Å²) in [6, 6.07) is 16.6. The molecule has 2 N–H and O–H groups in total. The SMILES string of the molecule is CC(=O)Nc1cccc(C(C)NCCCc2cncc3ccccc23)c1. The van der Waals surface area contributed by atoms with E-state index in [1.807, 2.05) is 36.7 Å². The van der Waals surface area contributed by atoms with E-state index >= 15 is 0 Å². The molecule has 0 bridgehead atoms. The first-order valence-corrected chi connectivity index (χ1v) is 9.06. The summed E-state index contributed by atoms with van der Waals surface area (Å²) in [6.07, 6.45) is 5.94. The molecule has 0 spiro atoms. The number of rotatable bonds is 7. The Balaban J connectivity index is 1.54. The summed E-state index contributed by atoms with van der Waals surface area (Å²) in [5.41, 5.74) is 3.30. The molecule has 1 atom stereocenters. The van der Waals surface area contributed by atoms with Crippen molar-refractivity contribution in [2.45, 2.75) is 32.7 Å². The highest BCUT2D eigenvalue weighted by molar-refractivity contribution is 5.88. The van der Waals surface area contributed by atoms with Gasteiger partial charge in [0.05, 0.1) is 0 Å². The van der Waals surface area contributed by atoms with Crippen LogP contribution in [0.5, 0.6) is 0 Å². The van der Waals surface area contributed by atoms with Gasteiger partial charge < -0.3 is 10.6 Å². The molecule has 2 aromatic carbocycles. The fraction of sp³-hybridized carbons (Fsp3) is 0.273. The van der Waals surface area contributed by atoms with Crippen LogP contribution in [-0.4, -0.2) is 17.4 Å². The minimum absolute atomic E-state index is 0.0496. The topological polar surface area (TPSA) is 54.0 Å². The van der Waals surface area contributed by atoms with E-state index in [0.29, 0.717) is 0 Å². The number of benzene rings is 2. The van der Waals surface area contributed by atoms with Crippen LogP contribution in [0.3, 0.4) is 0 Å². The second kappa shape index (κ2) is 8.59. The fourth-order valence-electron chi connectivity index (χ4n) is 3.18. The molecule has 0 aliphatic rings. The number of nitrogens with zero attached hydrogens (tertiary/aromatic N) is 1. The Morgan fingerprint density at radius 3 is 2.81 bits per heavy atom. The summed E-state index contributed by atoms with van der Waals surface area (Å²) in [4.78, 5) is 15.6. The second-order valence-corrected chi connectivity index (χ2v) is 6.61. The molecule has 134 valence electrons. The van der Waals surface area contributed by atoms with Gasteiger partial charge in [-0.2, -0.15) is 0 Å². The van der Waals surface area contributed by atoms with Crippen molar-refractivity contribution in [2.75, 3.05) is 11.9 Å². The first-order valence-electron chi connectivity index (χ1n) is 9.06.